The van der Waals surface area contributed by atoms with Gasteiger partial charge in [-0.3, -0.25) is 9.48 Å². The van der Waals surface area contributed by atoms with Crippen LogP contribution in [-0.4, -0.2) is 37.4 Å². The fourth-order valence-electron chi connectivity index (χ4n) is 6.65. The molecule has 8 rings (SSSR count). The van der Waals surface area contributed by atoms with Crippen LogP contribution in [0.25, 0.3) is 5.65 Å². The van der Waals surface area contributed by atoms with Crippen molar-refractivity contribution in [1.82, 2.24) is 24.4 Å². The molecular weight excluding hydrogens is 452 g/mol. The van der Waals surface area contributed by atoms with Crippen molar-refractivity contribution in [3.63, 3.8) is 0 Å². The van der Waals surface area contributed by atoms with Gasteiger partial charge in [0.25, 0.3) is 5.56 Å². The molecule has 0 radical (unpaired) electrons. The predicted molar refractivity (Wildman–Crippen MR) is 124 cm³/mol. The monoisotopic (exact) mass is 481 g/mol. The fourth-order valence-corrected chi connectivity index (χ4v) is 6.65. The first-order chi connectivity index (χ1) is 16.8. The molecule has 5 aliphatic rings. The lowest BCUT2D eigenvalue weighted by Crippen LogP contribution is -2.67. The van der Waals surface area contributed by atoms with Crippen molar-refractivity contribution in [1.29, 1.82) is 0 Å². The highest BCUT2D eigenvalue weighted by molar-refractivity contribution is 5.57. The third kappa shape index (κ3) is 3.09. The van der Waals surface area contributed by atoms with Gasteiger partial charge >= 0.3 is 0 Å². The van der Waals surface area contributed by atoms with Crippen molar-refractivity contribution < 1.29 is 13.5 Å². The van der Waals surface area contributed by atoms with Crippen LogP contribution >= 0.6 is 0 Å². The van der Waals surface area contributed by atoms with Gasteiger partial charge in [0.15, 0.2) is 5.65 Å². The van der Waals surface area contributed by atoms with Gasteiger partial charge in [0.05, 0.1) is 24.0 Å². The van der Waals surface area contributed by atoms with E-state index in [4.69, 9.17) is 14.8 Å². The summed E-state index contributed by atoms with van der Waals surface area (Å²) in [6.07, 6.45) is 6.88. The first-order valence-corrected chi connectivity index (χ1v) is 12.6. The van der Waals surface area contributed by atoms with Crippen LogP contribution in [0.5, 0.6) is 0 Å². The molecule has 4 heterocycles. The zero-order valence-electron chi connectivity index (χ0n) is 20.0. The van der Waals surface area contributed by atoms with Crippen molar-refractivity contribution >= 4 is 5.65 Å². The molecule has 3 aromatic heterocycles. The average Bonchev–Trinajstić information content (AvgIpc) is 3.52. The number of aryl methyl sites for hydroxylation is 1. The maximum absolute atomic E-state index is 13.6. The standard InChI is InChI=1S/C26H29F2N5O2/c1-14-15(2)30-22-19(25-11-26(12-25,13-25)24(27)28)8-20(31-33(22)23(14)34)16-5-6-35-21(7-16)17-9-29-32(10-17)18-3-4-18/h8-10,16,18,21,24H,3-7,11-13H2,1-2H3/t16-,21-,25?,26?/m1/s1. The topological polar surface area (TPSA) is 74.3 Å². The molecule has 0 amide bonds. The number of ether oxygens (including phenoxy) is 1. The largest absolute Gasteiger partial charge is 0.373 e. The highest BCUT2D eigenvalue weighted by Gasteiger charge is 2.73. The first kappa shape index (κ1) is 21.6. The molecule has 1 saturated heterocycles. The quantitative estimate of drug-likeness (QED) is 0.534. The highest BCUT2D eigenvalue weighted by atomic mass is 19.3. The Morgan fingerprint density at radius 3 is 2.66 bits per heavy atom. The molecule has 0 spiro atoms. The Bertz CT molecular complexity index is 1390. The summed E-state index contributed by atoms with van der Waals surface area (Å²) in [5, 5.41) is 9.31. The Morgan fingerprint density at radius 1 is 1.17 bits per heavy atom. The van der Waals surface area contributed by atoms with E-state index in [1.54, 1.807) is 6.92 Å². The third-order valence-corrected chi connectivity index (χ3v) is 9.00. The van der Waals surface area contributed by atoms with Crippen molar-refractivity contribution in [2.45, 2.75) is 88.7 Å². The number of nitrogens with zero attached hydrogens (tertiary/aromatic N) is 5. The van der Waals surface area contributed by atoms with Crippen molar-refractivity contribution in [2.75, 3.05) is 6.61 Å². The van der Waals surface area contributed by atoms with Crippen molar-refractivity contribution in [3.05, 3.63) is 56.9 Å². The molecule has 4 aliphatic carbocycles. The lowest BCUT2D eigenvalue weighted by atomic mass is 9.33. The second-order valence-corrected chi connectivity index (χ2v) is 11.4. The van der Waals surface area contributed by atoms with Gasteiger partial charge in [-0.15, -0.1) is 0 Å². The number of alkyl halides is 2. The third-order valence-electron chi connectivity index (χ3n) is 9.00. The predicted octanol–water partition coefficient (Wildman–Crippen LogP) is 4.56. The van der Waals surface area contributed by atoms with Crippen LogP contribution in [0, 0.1) is 19.3 Å². The van der Waals surface area contributed by atoms with E-state index in [-0.39, 0.29) is 23.0 Å². The van der Waals surface area contributed by atoms with Crippen LogP contribution in [-0.2, 0) is 10.2 Å². The average molecular weight is 482 g/mol. The van der Waals surface area contributed by atoms with Crippen LogP contribution in [0.15, 0.2) is 23.3 Å². The van der Waals surface area contributed by atoms with Crippen LogP contribution in [0.3, 0.4) is 0 Å². The van der Waals surface area contributed by atoms with Gasteiger partial charge < -0.3 is 4.74 Å². The summed E-state index contributed by atoms with van der Waals surface area (Å²) in [6, 6.07) is 2.58. The molecule has 3 aromatic rings. The maximum Gasteiger partial charge on any atom is 0.277 e. The second kappa shape index (κ2) is 7.18. The minimum Gasteiger partial charge on any atom is -0.373 e. The minimum atomic E-state index is -2.30. The number of fused-ring (bicyclic) bond motifs is 1. The van der Waals surface area contributed by atoms with Crippen LogP contribution < -0.4 is 5.56 Å². The number of hydrogen-bond donors (Lipinski definition) is 0. The Balaban J connectivity index is 1.27. The summed E-state index contributed by atoms with van der Waals surface area (Å²) in [5.41, 5.74) is 3.22. The molecule has 2 atom stereocenters. The molecule has 0 N–H and O–H groups in total. The SMILES string of the molecule is Cc1nc2c(C34CC(C(F)F)(C3)C4)cc([C@@H]3CCO[C@@H](c4cnn(C5CC5)c4)C3)nn2c(=O)c1C. The molecule has 184 valence electrons. The molecule has 7 nitrogen and oxygen atoms in total. The zero-order valence-corrected chi connectivity index (χ0v) is 20.0. The summed E-state index contributed by atoms with van der Waals surface area (Å²) >= 11 is 0. The molecule has 0 unspecified atom stereocenters. The second-order valence-electron chi connectivity index (χ2n) is 11.4. The molecule has 35 heavy (non-hydrogen) atoms. The zero-order chi connectivity index (χ0) is 24.1. The summed E-state index contributed by atoms with van der Waals surface area (Å²) < 4.78 is 36.8. The Morgan fingerprint density at radius 2 is 1.94 bits per heavy atom. The van der Waals surface area contributed by atoms with E-state index in [2.05, 4.69) is 17.4 Å². The van der Waals surface area contributed by atoms with Gasteiger partial charge in [-0.05, 0) is 64.9 Å². The van der Waals surface area contributed by atoms with Gasteiger partial charge in [0.1, 0.15) is 0 Å². The van der Waals surface area contributed by atoms with Crippen LogP contribution in [0.2, 0.25) is 0 Å². The summed E-state index contributed by atoms with van der Waals surface area (Å²) in [5.74, 6) is 0.103. The Hall–Kier alpha value is -2.68. The summed E-state index contributed by atoms with van der Waals surface area (Å²) in [4.78, 5) is 17.9. The van der Waals surface area contributed by atoms with Gasteiger partial charge in [-0.2, -0.15) is 14.7 Å². The molecule has 2 bridgehead atoms. The van der Waals surface area contributed by atoms with Gasteiger partial charge in [-0.1, -0.05) is 0 Å². The lowest BCUT2D eigenvalue weighted by molar-refractivity contribution is -0.221. The summed E-state index contributed by atoms with van der Waals surface area (Å²) in [6.45, 7) is 4.18. The first-order valence-electron chi connectivity index (χ1n) is 12.6. The van der Waals surface area contributed by atoms with Crippen molar-refractivity contribution in [3.8, 4) is 0 Å². The van der Waals surface area contributed by atoms with Gasteiger partial charge in [0, 0.05) is 51.9 Å². The van der Waals surface area contributed by atoms with E-state index in [1.165, 1.54) is 17.4 Å². The molecule has 9 heteroatoms. The number of hydrogen-bond acceptors (Lipinski definition) is 5. The Kier molecular flexibility index (Phi) is 4.43. The Labute approximate surface area is 201 Å². The maximum atomic E-state index is 13.6. The van der Waals surface area contributed by atoms with Gasteiger partial charge in [-0.25, -0.2) is 13.8 Å². The molecule has 1 aliphatic heterocycles. The molecule has 5 fully saturated rings. The van der Waals surface area contributed by atoms with Gasteiger partial charge in [0.2, 0.25) is 6.43 Å². The number of aromatic nitrogens is 5. The summed E-state index contributed by atoms with van der Waals surface area (Å²) in [7, 11) is 0. The van der Waals surface area contributed by atoms with Crippen molar-refractivity contribution in [2.24, 2.45) is 5.41 Å². The van der Waals surface area contributed by atoms with E-state index in [9.17, 15) is 13.6 Å². The molecule has 4 saturated carbocycles. The fraction of sp³-hybridized carbons (Fsp3) is 0.615. The lowest BCUT2D eigenvalue weighted by Gasteiger charge is -2.70. The van der Waals surface area contributed by atoms with E-state index in [1.807, 2.05) is 17.8 Å². The smallest absolute Gasteiger partial charge is 0.277 e. The van der Waals surface area contributed by atoms with Crippen LogP contribution in [0.4, 0.5) is 8.78 Å². The van der Waals surface area contributed by atoms with E-state index >= 15 is 0 Å². The molecular formula is C26H29F2N5O2. The normalized spacial score (nSPS) is 32.0. The number of halogens is 2. The van der Waals surface area contributed by atoms with Crippen LogP contribution in [0.1, 0.15) is 91.1 Å². The minimum absolute atomic E-state index is 0.0751. The van der Waals surface area contributed by atoms with E-state index < -0.39 is 11.8 Å². The highest BCUT2D eigenvalue weighted by Crippen LogP contribution is 2.76. The van der Waals surface area contributed by atoms with E-state index in [0.717, 1.165) is 29.7 Å². The molecule has 0 aromatic carbocycles. The van der Waals surface area contributed by atoms with E-state index in [0.29, 0.717) is 48.8 Å². The number of rotatable bonds is 5.